The Morgan fingerprint density at radius 1 is 1.44 bits per heavy atom. The zero-order valence-corrected chi connectivity index (χ0v) is 11.5. The van der Waals surface area contributed by atoms with E-state index in [9.17, 15) is 0 Å². The van der Waals surface area contributed by atoms with Gasteiger partial charge in [0.2, 0.25) is 5.88 Å². The molecular weight excluding hydrogens is 268 g/mol. The quantitative estimate of drug-likeness (QED) is 0.791. The van der Waals surface area contributed by atoms with Gasteiger partial charge in [-0.1, -0.05) is 6.92 Å². The number of halogens is 1. The maximum absolute atomic E-state index is 5.87. The molecule has 1 saturated carbocycles. The van der Waals surface area contributed by atoms with Gasteiger partial charge in [0, 0.05) is 12.0 Å². The predicted octanol–water partition coefficient (Wildman–Crippen LogP) is 3.68. The second kappa shape index (κ2) is 4.32. The van der Waals surface area contributed by atoms with Gasteiger partial charge in [-0.2, -0.15) is 4.98 Å². The minimum Gasteiger partial charge on any atom is -0.472 e. The molecule has 3 nitrogen and oxygen atoms in total. The van der Waals surface area contributed by atoms with Gasteiger partial charge in [0.15, 0.2) is 0 Å². The van der Waals surface area contributed by atoms with Crippen LogP contribution in [0.2, 0.25) is 0 Å². The van der Waals surface area contributed by atoms with Crippen molar-refractivity contribution in [3.8, 4) is 5.88 Å². The third kappa shape index (κ3) is 2.94. The molecule has 1 aliphatic rings. The highest BCUT2D eigenvalue weighted by Crippen LogP contribution is 2.39. The van der Waals surface area contributed by atoms with Crippen LogP contribution in [0.5, 0.6) is 5.88 Å². The van der Waals surface area contributed by atoms with E-state index in [0.29, 0.717) is 11.8 Å². The average Bonchev–Trinajstić information content (AvgIpc) is 2.99. The summed E-state index contributed by atoms with van der Waals surface area (Å²) in [6.07, 6.45) is 3.35. The van der Waals surface area contributed by atoms with Crippen molar-refractivity contribution in [1.82, 2.24) is 9.97 Å². The fourth-order valence-corrected chi connectivity index (χ4v) is 1.72. The molecule has 2 rings (SSSR count). The molecule has 1 aromatic rings. The van der Waals surface area contributed by atoms with Crippen molar-refractivity contribution in [1.29, 1.82) is 0 Å². The van der Waals surface area contributed by atoms with Gasteiger partial charge in [-0.05, 0) is 49.0 Å². The van der Waals surface area contributed by atoms with E-state index in [1.807, 2.05) is 6.07 Å². The summed E-state index contributed by atoms with van der Waals surface area (Å²) in [6.45, 7) is 6.25. The summed E-state index contributed by atoms with van der Waals surface area (Å²) in [4.78, 5) is 8.84. The summed E-state index contributed by atoms with van der Waals surface area (Å²) in [5.41, 5.74) is -0.172. The Morgan fingerprint density at radius 3 is 2.69 bits per heavy atom. The second-order valence-corrected chi connectivity index (χ2v) is 5.69. The van der Waals surface area contributed by atoms with E-state index in [1.165, 1.54) is 12.8 Å². The smallest absolute Gasteiger partial charge is 0.218 e. The van der Waals surface area contributed by atoms with Crippen LogP contribution < -0.4 is 4.74 Å². The summed E-state index contributed by atoms with van der Waals surface area (Å²) in [5.74, 6) is 2.14. The van der Waals surface area contributed by atoms with E-state index in [2.05, 4.69) is 46.7 Å². The number of aromatic nitrogens is 2. The average molecular weight is 285 g/mol. The van der Waals surface area contributed by atoms with Crippen molar-refractivity contribution in [2.75, 3.05) is 0 Å². The molecule has 0 N–H and O–H groups in total. The normalized spacial score (nSPS) is 16.2. The largest absolute Gasteiger partial charge is 0.472 e. The third-order valence-electron chi connectivity index (χ3n) is 2.86. The number of hydrogen-bond acceptors (Lipinski definition) is 3. The molecule has 0 unspecified atom stereocenters. The SMILES string of the molecule is CCC(C)(C)Oc1cc(Br)nc(C2CC2)n1. The van der Waals surface area contributed by atoms with E-state index >= 15 is 0 Å². The molecule has 1 aliphatic carbocycles. The first-order chi connectivity index (χ1) is 7.50. The van der Waals surface area contributed by atoms with Crippen LogP contribution in [-0.4, -0.2) is 15.6 Å². The molecule has 0 bridgehead atoms. The van der Waals surface area contributed by atoms with Crippen LogP contribution in [0.4, 0.5) is 0 Å². The van der Waals surface area contributed by atoms with Crippen LogP contribution in [0, 0.1) is 0 Å². The summed E-state index contributed by atoms with van der Waals surface area (Å²) in [5, 5.41) is 0. The van der Waals surface area contributed by atoms with Crippen LogP contribution >= 0.6 is 15.9 Å². The number of ether oxygens (including phenoxy) is 1. The van der Waals surface area contributed by atoms with Gasteiger partial charge >= 0.3 is 0 Å². The first-order valence-corrected chi connectivity index (χ1v) is 6.53. The molecule has 0 saturated heterocycles. The van der Waals surface area contributed by atoms with Crippen LogP contribution in [0.25, 0.3) is 0 Å². The summed E-state index contributed by atoms with van der Waals surface area (Å²) in [7, 11) is 0. The van der Waals surface area contributed by atoms with Gasteiger partial charge in [0.05, 0.1) is 0 Å². The molecule has 0 radical (unpaired) electrons. The Balaban J connectivity index is 2.20. The van der Waals surface area contributed by atoms with Gasteiger partial charge in [0.1, 0.15) is 16.0 Å². The van der Waals surface area contributed by atoms with E-state index in [-0.39, 0.29) is 5.60 Å². The lowest BCUT2D eigenvalue weighted by atomic mass is 10.1. The van der Waals surface area contributed by atoms with E-state index in [4.69, 9.17) is 4.74 Å². The Labute approximate surface area is 105 Å². The Hall–Kier alpha value is -0.640. The fraction of sp³-hybridized carbons (Fsp3) is 0.667. The lowest BCUT2D eigenvalue weighted by Gasteiger charge is -2.24. The van der Waals surface area contributed by atoms with Gasteiger partial charge in [-0.3, -0.25) is 0 Å². The van der Waals surface area contributed by atoms with Crippen molar-refractivity contribution in [2.24, 2.45) is 0 Å². The highest BCUT2D eigenvalue weighted by molar-refractivity contribution is 9.10. The molecular formula is C12H17BrN2O. The standard InChI is InChI=1S/C12H17BrN2O/c1-4-12(2,3)16-10-7-9(13)14-11(15-10)8-5-6-8/h7-8H,4-6H2,1-3H3. The topological polar surface area (TPSA) is 35.0 Å². The molecule has 0 atom stereocenters. The minimum atomic E-state index is -0.172. The van der Waals surface area contributed by atoms with Crippen LogP contribution in [0.3, 0.4) is 0 Å². The lowest BCUT2D eigenvalue weighted by Crippen LogP contribution is -2.27. The second-order valence-electron chi connectivity index (χ2n) is 4.88. The van der Waals surface area contributed by atoms with Crippen molar-refractivity contribution in [3.05, 3.63) is 16.5 Å². The molecule has 4 heteroatoms. The van der Waals surface area contributed by atoms with Crippen molar-refractivity contribution in [2.45, 2.75) is 51.6 Å². The Kier molecular flexibility index (Phi) is 3.19. The Bertz CT molecular complexity index is 389. The van der Waals surface area contributed by atoms with Gasteiger partial charge in [0.25, 0.3) is 0 Å². The maximum atomic E-state index is 5.87. The monoisotopic (exact) mass is 284 g/mol. The zero-order chi connectivity index (χ0) is 11.8. The highest BCUT2D eigenvalue weighted by atomic mass is 79.9. The molecule has 0 aromatic carbocycles. The maximum Gasteiger partial charge on any atom is 0.218 e. The van der Waals surface area contributed by atoms with Gasteiger partial charge < -0.3 is 4.74 Å². The first kappa shape index (κ1) is 11.8. The van der Waals surface area contributed by atoms with Gasteiger partial charge in [-0.15, -0.1) is 0 Å². The van der Waals surface area contributed by atoms with E-state index in [0.717, 1.165) is 16.8 Å². The molecule has 16 heavy (non-hydrogen) atoms. The lowest BCUT2D eigenvalue weighted by molar-refractivity contribution is 0.0983. The summed E-state index contributed by atoms with van der Waals surface area (Å²) < 4.78 is 6.68. The molecule has 0 aliphatic heterocycles. The Morgan fingerprint density at radius 2 is 2.12 bits per heavy atom. The molecule has 1 fully saturated rings. The predicted molar refractivity (Wildman–Crippen MR) is 66.7 cm³/mol. The minimum absolute atomic E-state index is 0.172. The first-order valence-electron chi connectivity index (χ1n) is 5.73. The molecule has 1 aromatic heterocycles. The van der Waals surface area contributed by atoms with Crippen molar-refractivity contribution >= 4 is 15.9 Å². The van der Waals surface area contributed by atoms with Crippen LogP contribution in [-0.2, 0) is 0 Å². The van der Waals surface area contributed by atoms with Gasteiger partial charge in [-0.25, -0.2) is 4.98 Å². The summed E-state index contributed by atoms with van der Waals surface area (Å²) in [6, 6.07) is 1.84. The van der Waals surface area contributed by atoms with Crippen molar-refractivity contribution < 1.29 is 4.74 Å². The zero-order valence-electron chi connectivity index (χ0n) is 9.96. The molecule has 0 amide bonds. The summed E-state index contributed by atoms with van der Waals surface area (Å²) >= 11 is 3.41. The highest BCUT2D eigenvalue weighted by Gasteiger charge is 2.28. The molecule has 88 valence electrons. The van der Waals surface area contributed by atoms with Crippen LogP contribution in [0.1, 0.15) is 51.8 Å². The number of rotatable bonds is 4. The van der Waals surface area contributed by atoms with E-state index in [1.54, 1.807) is 0 Å². The van der Waals surface area contributed by atoms with Crippen molar-refractivity contribution in [3.63, 3.8) is 0 Å². The van der Waals surface area contributed by atoms with Crippen LogP contribution in [0.15, 0.2) is 10.7 Å². The fourth-order valence-electron chi connectivity index (χ4n) is 1.35. The molecule has 1 heterocycles. The molecule has 0 spiro atoms. The van der Waals surface area contributed by atoms with E-state index < -0.39 is 0 Å². The number of nitrogens with zero attached hydrogens (tertiary/aromatic N) is 2. The number of hydrogen-bond donors (Lipinski definition) is 0. The third-order valence-corrected chi connectivity index (χ3v) is 3.27.